The van der Waals surface area contributed by atoms with Gasteiger partial charge in [-0.25, -0.2) is 17.6 Å². The average Bonchev–Trinajstić information content (AvgIpc) is 2.35. The van der Waals surface area contributed by atoms with Gasteiger partial charge in [0.2, 0.25) is 10.0 Å². The summed E-state index contributed by atoms with van der Waals surface area (Å²) in [5.41, 5.74) is -0.673. The molecule has 0 spiro atoms. The first-order chi connectivity index (χ1) is 9.21. The molecular weight excluding hydrogens is 285 g/mol. The number of benzene rings is 1. The van der Waals surface area contributed by atoms with Gasteiger partial charge in [-0.3, -0.25) is 0 Å². The molecule has 1 aromatic rings. The number of carboxylic acids is 1. The van der Waals surface area contributed by atoms with Gasteiger partial charge in [-0.05, 0) is 32.0 Å². The molecule has 20 heavy (non-hydrogen) atoms. The fourth-order valence-electron chi connectivity index (χ4n) is 1.68. The minimum Gasteiger partial charge on any atom is -0.478 e. The number of aromatic carboxylic acids is 1. The van der Waals surface area contributed by atoms with Crippen molar-refractivity contribution in [2.24, 2.45) is 0 Å². The Morgan fingerprint density at radius 1 is 1.50 bits per heavy atom. The van der Waals surface area contributed by atoms with Crippen molar-refractivity contribution in [2.45, 2.75) is 24.8 Å². The third-order valence-corrected chi connectivity index (χ3v) is 4.70. The molecule has 0 bridgehead atoms. The predicted octanol–water partition coefficient (Wildman–Crippen LogP) is 2.11. The van der Waals surface area contributed by atoms with E-state index in [-0.39, 0.29) is 17.5 Å². The maximum atomic E-state index is 13.3. The molecular formula is C13H16FNO4S. The summed E-state index contributed by atoms with van der Waals surface area (Å²) >= 11 is 0. The lowest BCUT2D eigenvalue weighted by atomic mass is 10.2. The smallest absolute Gasteiger partial charge is 0.338 e. The monoisotopic (exact) mass is 301 g/mol. The van der Waals surface area contributed by atoms with Crippen LogP contribution in [0.1, 0.15) is 24.2 Å². The van der Waals surface area contributed by atoms with E-state index in [2.05, 4.69) is 6.58 Å². The van der Waals surface area contributed by atoms with Gasteiger partial charge in [-0.2, -0.15) is 4.31 Å². The van der Waals surface area contributed by atoms with E-state index < -0.39 is 27.4 Å². The minimum atomic E-state index is -3.90. The molecule has 0 aliphatic heterocycles. The topological polar surface area (TPSA) is 74.7 Å². The van der Waals surface area contributed by atoms with Crippen LogP contribution in [0.4, 0.5) is 4.39 Å². The Kier molecular flexibility index (Phi) is 5.02. The molecule has 0 radical (unpaired) electrons. The zero-order valence-electron chi connectivity index (χ0n) is 11.2. The quantitative estimate of drug-likeness (QED) is 0.817. The van der Waals surface area contributed by atoms with Gasteiger partial charge in [0.25, 0.3) is 0 Å². The number of rotatable bonds is 6. The van der Waals surface area contributed by atoms with Crippen molar-refractivity contribution >= 4 is 16.0 Å². The lowest BCUT2D eigenvalue weighted by molar-refractivity contribution is 0.0691. The lowest BCUT2D eigenvalue weighted by Crippen LogP contribution is -2.37. The van der Waals surface area contributed by atoms with Crippen molar-refractivity contribution in [1.82, 2.24) is 4.31 Å². The van der Waals surface area contributed by atoms with Gasteiger partial charge in [-0.1, -0.05) is 6.08 Å². The first-order valence-corrected chi connectivity index (χ1v) is 7.31. The second kappa shape index (κ2) is 6.15. The van der Waals surface area contributed by atoms with Crippen molar-refractivity contribution in [2.75, 3.05) is 6.54 Å². The van der Waals surface area contributed by atoms with Gasteiger partial charge >= 0.3 is 5.97 Å². The summed E-state index contributed by atoms with van der Waals surface area (Å²) in [6.45, 7) is 6.94. The number of carboxylic acid groups (broad SMARTS) is 1. The van der Waals surface area contributed by atoms with Crippen LogP contribution >= 0.6 is 0 Å². The van der Waals surface area contributed by atoms with Crippen LogP contribution in [0.15, 0.2) is 35.7 Å². The fraction of sp³-hybridized carbons (Fsp3) is 0.308. The molecule has 0 saturated heterocycles. The summed E-state index contributed by atoms with van der Waals surface area (Å²) in [5.74, 6) is -2.49. The Morgan fingerprint density at radius 3 is 2.55 bits per heavy atom. The third-order valence-electron chi connectivity index (χ3n) is 2.66. The van der Waals surface area contributed by atoms with E-state index in [1.165, 1.54) is 6.08 Å². The Morgan fingerprint density at radius 2 is 2.10 bits per heavy atom. The van der Waals surface area contributed by atoms with E-state index in [1.54, 1.807) is 13.8 Å². The molecule has 1 rings (SSSR count). The Hall–Kier alpha value is -1.73. The third kappa shape index (κ3) is 3.23. The molecule has 5 nitrogen and oxygen atoms in total. The Labute approximate surface area is 117 Å². The average molecular weight is 301 g/mol. The molecule has 0 aliphatic rings. The molecule has 0 aromatic heterocycles. The standard InChI is InChI=1S/C13H16FNO4S/c1-4-7-15(9(2)3)20(18,19)10-5-6-12(14)11(8-10)13(16)17/h4-6,8-9H,1,7H2,2-3H3,(H,16,17). The van der Waals surface area contributed by atoms with Gasteiger partial charge in [0.1, 0.15) is 5.82 Å². The number of carbonyl (C=O) groups is 1. The molecule has 0 aliphatic carbocycles. The van der Waals surface area contributed by atoms with Crippen LogP contribution in [-0.4, -0.2) is 36.4 Å². The maximum absolute atomic E-state index is 13.3. The molecule has 7 heteroatoms. The molecule has 0 atom stereocenters. The Balaban J connectivity index is 3.38. The first-order valence-electron chi connectivity index (χ1n) is 5.87. The number of hydrogen-bond donors (Lipinski definition) is 1. The van der Waals surface area contributed by atoms with Crippen molar-refractivity contribution in [3.63, 3.8) is 0 Å². The fourth-order valence-corrected chi connectivity index (χ4v) is 3.31. The van der Waals surface area contributed by atoms with Crippen molar-refractivity contribution < 1.29 is 22.7 Å². The SMILES string of the molecule is C=CCN(C(C)C)S(=O)(=O)c1ccc(F)c(C(=O)O)c1. The summed E-state index contributed by atoms with van der Waals surface area (Å²) in [5, 5.41) is 8.84. The van der Waals surface area contributed by atoms with Crippen LogP contribution in [0, 0.1) is 5.82 Å². The molecule has 0 fully saturated rings. The van der Waals surface area contributed by atoms with Crippen molar-refractivity contribution in [3.05, 3.63) is 42.2 Å². The second-order valence-electron chi connectivity index (χ2n) is 4.40. The van der Waals surface area contributed by atoms with E-state index in [4.69, 9.17) is 5.11 Å². The zero-order valence-corrected chi connectivity index (χ0v) is 12.0. The molecule has 0 heterocycles. The lowest BCUT2D eigenvalue weighted by Gasteiger charge is -2.24. The highest BCUT2D eigenvalue weighted by Gasteiger charge is 2.27. The number of sulfonamides is 1. The highest BCUT2D eigenvalue weighted by Crippen LogP contribution is 2.21. The van der Waals surface area contributed by atoms with Crippen LogP contribution in [-0.2, 0) is 10.0 Å². The van der Waals surface area contributed by atoms with E-state index in [9.17, 15) is 17.6 Å². The second-order valence-corrected chi connectivity index (χ2v) is 6.29. The van der Waals surface area contributed by atoms with Crippen LogP contribution in [0.3, 0.4) is 0 Å². The van der Waals surface area contributed by atoms with Crippen LogP contribution in [0.2, 0.25) is 0 Å². The van der Waals surface area contributed by atoms with E-state index >= 15 is 0 Å². The molecule has 1 N–H and O–H groups in total. The summed E-state index contributed by atoms with van der Waals surface area (Å²) in [4.78, 5) is 10.6. The highest BCUT2D eigenvalue weighted by molar-refractivity contribution is 7.89. The van der Waals surface area contributed by atoms with E-state index in [0.29, 0.717) is 0 Å². The van der Waals surface area contributed by atoms with Crippen LogP contribution in [0.25, 0.3) is 0 Å². The molecule has 110 valence electrons. The summed E-state index contributed by atoms with van der Waals surface area (Å²) in [7, 11) is -3.90. The minimum absolute atomic E-state index is 0.0831. The summed E-state index contributed by atoms with van der Waals surface area (Å²) in [6.07, 6.45) is 1.43. The van der Waals surface area contributed by atoms with Crippen LogP contribution in [0.5, 0.6) is 0 Å². The van der Waals surface area contributed by atoms with Gasteiger partial charge in [0, 0.05) is 12.6 Å². The first kappa shape index (κ1) is 16.3. The number of hydrogen-bond acceptors (Lipinski definition) is 3. The molecule has 1 aromatic carbocycles. The number of halogens is 1. The van der Waals surface area contributed by atoms with E-state index in [0.717, 1.165) is 22.5 Å². The Bertz CT molecular complexity index is 625. The summed E-state index contributed by atoms with van der Waals surface area (Å²) < 4.78 is 39.3. The molecule has 0 saturated carbocycles. The van der Waals surface area contributed by atoms with Crippen molar-refractivity contribution in [3.8, 4) is 0 Å². The zero-order chi connectivity index (χ0) is 15.5. The van der Waals surface area contributed by atoms with E-state index in [1.807, 2.05) is 0 Å². The van der Waals surface area contributed by atoms with Gasteiger partial charge in [0.05, 0.1) is 10.5 Å². The molecule has 0 unspecified atom stereocenters. The maximum Gasteiger partial charge on any atom is 0.338 e. The van der Waals surface area contributed by atoms with Crippen molar-refractivity contribution in [1.29, 1.82) is 0 Å². The molecule has 0 amide bonds. The summed E-state index contributed by atoms with van der Waals surface area (Å²) in [6, 6.07) is 2.38. The number of nitrogens with zero attached hydrogens (tertiary/aromatic N) is 1. The van der Waals surface area contributed by atoms with Gasteiger partial charge in [-0.15, -0.1) is 6.58 Å². The van der Waals surface area contributed by atoms with Gasteiger partial charge in [0.15, 0.2) is 0 Å². The van der Waals surface area contributed by atoms with Gasteiger partial charge < -0.3 is 5.11 Å². The predicted molar refractivity (Wildman–Crippen MR) is 72.6 cm³/mol. The normalized spacial score (nSPS) is 11.8. The highest BCUT2D eigenvalue weighted by atomic mass is 32.2. The largest absolute Gasteiger partial charge is 0.478 e. The van der Waals surface area contributed by atoms with Crippen LogP contribution < -0.4 is 0 Å².